The third-order valence-corrected chi connectivity index (χ3v) is 2.16. The molecule has 1 aliphatic carbocycles. The zero-order valence-corrected chi connectivity index (χ0v) is 7.94. The molecular formula is C11H14O3. The first-order valence-corrected chi connectivity index (χ1v) is 4.55. The smallest absolute Gasteiger partial charge is 0.163 e. The summed E-state index contributed by atoms with van der Waals surface area (Å²) in [4.78, 5) is 11.4. The van der Waals surface area contributed by atoms with E-state index in [0.29, 0.717) is 24.0 Å². The van der Waals surface area contributed by atoms with E-state index < -0.39 is 6.10 Å². The summed E-state index contributed by atoms with van der Waals surface area (Å²) in [6.45, 7) is 3.29. The molecule has 76 valence electrons. The third-order valence-electron chi connectivity index (χ3n) is 2.16. The average Bonchev–Trinajstić information content (AvgIpc) is 2.18. The summed E-state index contributed by atoms with van der Waals surface area (Å²) in [6.07, 6.45) is 4.82. The second kappa shape index (κ2) is 4.88. The van der Waals surface area contributed by atoms with Gasteiger partial charge in [0.05, 0.1) is 12.7 Å². The Kier molecular flexibility index (Phi) is 3.80. The van der Waals surface area contributed by atoms with Crippen LogP contribution in [0.4, 0.5) is 0 Å². The summed E-state index contributed by atoms with van der Waals surface area (Å²) in [5, 5.41) is 18.4. The van der Waals surface area contributed by atoms with Crippen molar-refractivity contribution in [2.24, 2.45) is 0 Å². The molecule has 3 nitrogen and oxygen atoms in total. The molecule has 1 aliphatic rings. The van der Waals surface area contributed by atoms with Crippen LogP contribution in [0, 0.1) is 0 Å². The van der Waals surface area contributed by atoms with Crippen LogP contribution in [-0.4, -0.2) is 28.7 Å². The fourth-order valence-electron chi connectivity index (χ4n) is 1.44. The molecule has 0 spiro atoms. The van der Waals surface area contributed by atoms with Gasteiger partial charge < -0.3 is 10.2 Å². The van der Waals surface area contributed by atoms with Crippen LogP contribution in [0.1, 0.15) is 12.8 Å². The zero-order chi connectivity index (χ0) is 10.6. The first-order valence-electron chi connectivity index (χ1n) is 4.55. The molecule has 0 heterocycles. The fraction of sp³-hybridized carbons (Fsp3) is 0.364. The van der Waals surface area contributed by atoms with Crippen LogP contribution in [0.15, 0.2) is 36.0 Å². The Labute approximate surface area is 83.1 Å². The van der Waals surface area contributed by atoms with E-state index >= 15 is 0 Å². The molecule has 0 radical (unpaired) electrons. The Morgan fingerprint density at radius 1 is 1.71 bits per heavy atom. The number of carbonyl (C=O) groups is 1. The summed E-state index contributed by atoms with van der Waals surface area (Å²) in [5.74, 6) is -0.0301. The summed E-state index contributed by atoms with van der Waals surface area (Å²) < 4.78 is 0. The SMILES string of the molecule is C=CC=C(CO)C1=C[C@@H](O)CCC1=O. The van der Waals surface area contributed by atoms with E-state index in [1.807, 2.05) is 0 Å². The maximum absolute atomic E-state index is 11.4. The number of rotatable bonds is 3. The minimum absolute atomic E-state index is 0.0301. The lowest BCUT2D eigenvalue weighted by Crippen LogP contribution is -2.19. The van der Waals surface area contributed by atoms with Gasteiger partial charge in [-0.3, -0.25) is 4.79 Å². The van der Waals surface area contributed by atoms with E-state index in [-0.39, 0.29) is 12.4 Å². The highest BCUT2D eigenvalue weighted by atomic mass is 16.3. The van der Waals surface area contributed by atoms with Gasteiger partial charge in [0.1, 0.15) is 0 Å². The Hall–Kier alpha value is -1.19. The van der Waals surface area contributed by atoms with E-state index in [1.54, 1.807) is 6.08 Å². The molecule has 0 amide bonds. The number of ketones is 1. The van der Waals surface area contributed by atoms with E-state index in [2.05, 4.69) is 6.58 Å². The Balaban J connectivity index is 2.98. The number of aliphatic hydroxyl groups excluding tert-OH is 2. The van der Waals surface area contributed by atoms with Gasteiger partial charge in [-0.2, -0.15) is 0 Å². The van der Waals surface area contributed by atoms with Gasteiger partial charge in [-0.05, 0) is 18.1 Å². The molecule has 0 fully saturated rings. The quantitative estimate of drug-likeness (QED) is 0.651. The number of carbonyl (C=O) groups excluding carboxylic acids is 1. The van der Waals surface area contributed by atoms with Gasteiger partial charge in [-0.15, -0.1) is 0 Å². The van der Waals surface area contributed by atoms with E-state index in [9.17, 15) is 9.90 Å². The first-order chi connectivity index (χ1) is 6.69. The maximum atomic E-state index is 11.4. The molecular weight excluding hydrogens is 180 g/mol. The van der Waals surface area contributed by atoms with Crippen LogP contribution in [0.25, 0.3) is 0 Å². The lowest BCUT2D eigenvalue weighted by molar-refractivity contribution is -0.116. The predicted octanol–water partition coefficient (Wildman–Crippen LogP) is 0.741. The van der Waals surface area contributed by atoms with Crippen molar-refractivity contribution < 1.29 is 15.0 Å². The number of hydrogen-bond donors (Lipinski definition) is 2. The second-order valence-electron chi connectivity index (χ2n) is 3.20. The molecule has 2 N–H and O–H groups in total. The van der Waals surface area contributed by atoms with Crippen molar-refractivity contribution >= 4 is 5.78 Å². The molecule has 14 heavy (non-hydrogen) atoms. The van der Waals surface area contributed by atoms with Crippen LogP contribution >= 0.6 is 0 Å². The second-order valence-corrected chi connectivity index (χ2v) is 3.20. The monoisotopic (exact) mass is 194 g/mol. The van der Waals surface area contributed by atoms with Crippen molar-refractivity contribution in [2.45, 2.75) is 18.9 Å². The van der Waals surface area contributed by atoms with E-state index in [4.69, 9.17) is 5.11 Å². The maximum Gasteiger partial charge on any atom is 0.163 e. The molecule has 0 saturated carbocycles. The highest BCUT2D eigenvalue weighted by Crippen LogP contribution is 2.21. The fourth-order valence-corrected chi connectivity index (χ4v) is 1.44. The largest absolute Gasteiger partial charge is 0.392 e. The van der Waals surface area contributed by atoms with Gasteiger partial charge in [0.2, 0.25) is 0 Å². The van der Waals surface area contributed by atoms with Crippen molar-refractivity contribution in [3.8, 4) is 0 Å². The van der Waals surface area contributed by atoms with Crippen LogP contribution in [0.3, 0.4) is 0 Å². The first kappa shape index (κ1) is 10.9. The molecule has 0 bridgehead atoms. The van der Waals surface area contributed by atoms with Crippen LogP contribution < -0.4 is 0 Å². The average molecular weight is 194 g/mol. The van der Waals surface area contributed by atoms with Crippen molar-refractivity contribution in [1.82, 2.24) is 0 Å². The molecule has 1 rings (SSSR count). The topological polar surface area (TPSA) is 57.5 Å². The summed E-state index contributed by atoms with van der Waals surface area (Å²) >= 11 is 0. The van der Waals surface area contributed by atoms with Gasteiger partial charge >= 0.3 is 0 Å². The van der Waals surface area contributed by atoms with Gasteiger partial charge in [0.15, 0.2) is 5.78 Å². The normalized spacial score (nSPS) is 23.3. The number of allylic oxidation sites excluding steroid dienone is 2. The minimum Gasteiger partial charge on any atom is -0.392 e. The third kappa shape index (κ3) is 2.40. The molecule has 0 saturated heterocycles. The lowest BCUT2D eigenvalue weighted by atomic mass is 9.91. The van der Waals surface area contributed by atoms with Crippen molar-refractivity contribution in [3.05, 3.63) is 36.0 Å². The van der Waals surface area contributed by atoms with Crippen molar-refractivity contribution in [3.63, 3.8) is 0 Å². The number of Topliss-reactive ketones (excluding diaryl/α,β-unsaturated/α-hetero) is 1. The Morgan fingerprint density at radius 3 is 3.00 bits per heavy atom. The standard InChI is InChI=1S/C11H14O3/c1-2-3-8(7-12)10-6-9(13)4-5-11(10)14/h2-3,6,9,12-13H,1,4-5,7H2/t9-/m0/s1. The molecule has 0 aliphatic heterocycles. The highest BCUT2D eigenvalue weighted by molar-refractivity contribution is 6.00. The van der Waals surface area contributed by atoms with E-state index in [1.165, 1.54) is 12.2 Å². The minimum atomic E-state index is -0.581. The Bertz CT molecular complexity index is 300. The van der Waals surface area contributed by atoms with Crippen LogP contribution in [0.2, 0.25) is 0 Å². The van der Waals surface area contributed by atoms with Crippen LogP contribution in [-0.2, 0) is 4.79 Å². The molecule has 3 heteroatoms. The zero-order valence-electron chi connectivity index (χ0n) is 7.94. The van der Waals surface area contributed by atoms with Crippen LogP contribution in [0.5, 0.6) is 0 Å². The summed E-state index contributed by atoms with van der Waals surface area (Å²) in [5.41, 5.74) is 0.940. The number of aliphatic hydroxyl groups is 2. The van der Waals surface area contributed by atoms with Crippen molar-refractivity contribution in [2.75, 3.05) is 6.61 Å². The van der Waals surface area contributed by atoms with Gasteiger partial charge in [-0.25, -0.2) is 0 Å². The lowest BCUT2D eigenvalue weighted by Gasteiger charge is -2.17. The number of hydrogen-bond acceptors (Lipinski definition) is 3. The molecule has 0 aromatic carbocycles. The summed E-state index contributed by atoms with van der Waals surface area (Å²) in [6, 6.07) is 0. The predicted molar refractivity (Wildman–Crippen MR) is 53.7 cm³/mol. The van der Waals surface area contributed by atoms with Gasteiger partial charge in [0, 0.05) is 12.0 Å². The van der Waals surface area contributed by atoms with E-state index in [0.717, 1.165) is 0 Å². The highest BCUT2D eigenvalue weighted by Gasteiger charge is 2.20. The van der Waals surface area contributed by atoms with Gasteiger partial charge in [-0.1, -0.05) is 18.7 Å². The van der Waals surface area contributed by atoms with Crippen molar-refractivity contribution in [1.29, 1.82) is 0 Å². The Morgan fingerprint density at radius 2 is 2.43 bits per heavy atom. The molecule has 1 atom stereocenters. The summed E-state index contributed by atoms with van der Waals surface area (Å²) in [7, 11) is 0. The molecule has 0 aromatic heterocycles. The molecule has 0 unspecified atom stereocenters. The van der Waals surface area contributed by atoms with Gasteiger partial charge in [0.25, 0.3) is 0 Å². The molecule has 0 aromatic rings.